The number of hydrogen-bond acceptors (Lipinski definition) is 9. The van der Waals surface area contributed by atoms with Crippen molar-refractivity contribution in [3.63, 3.8) is 0 Å². The van der Waals surface area contributed by atoms with Crippen molar-refractivity contribution < 1.29 is 14.3 Å². The molecule has 0 spiro atoms. The summed E-state index contributed by atoms with van der Waals surface area (Å²) in [7, 11) is 0. The molecule has 0 unspecified atom stereocenters. The Bertz CT molecular complexity index is 1500. The van der Waals surface area contributed by atoms with Crippen LogP contribution in [0.25, 0.3) is 11.0 Å². The highest BCUT2D eigenvalue weighted by Gasteiger charge is 2.24. The van der Waals surface area contributed by atoms with Crippen LogP contribution in [-0.4, -0.2) is 56.0 Å². The van der Waals surface area contributed by atoms with Gasteiger partial charge in [0.15, 0.2) is 16.6 Å². The van der Waals surface area contributed by atoms with Crippen LogP contribution in [0, 0.1) is 11.3 Å². The number of likely N-dealkylation sites (tertiary alicyclic amines) is 1. The molecule has 4 aromatic rings. The van der Waals surface area contributed by atoms with Crippen molar-refractivity contribution in [3.8, 4) is 17.6 Å². The number of thiazole rings is 1. The molecule has 3 N–H and O–H groups in total. The van der Waals surface area contributed by atoms with E-state index in [-0.39, 0.29) is 17.9 Å². The normalized spacial score (nSPS) is 15.1. The Morgan fingerprint density at radius 3 is 2.86 bits per heavy atom. The number of nitriles is 1. The molecule has 5 rings (SSSR count). The van der Waals surface area contributed by atoms with Crippen molar-refractivity contribution in [2.75, 3.05) is 23.7 Å². The van der Waals surface area contributed by atoms with E-state index < -0.39 is 0 Å². The fourth-order valence-corrected chi connectivity index (χ4v) is 4.69. The van der Waals surface area contributed by atoms with Crippen LogP contribution in [0.4, 0.5) is 10.9 Å². The van der Waals surface area contributed by atoms with E-state index in [2.05, 4.69) is 37.4 Å². The second-order valence-corrected chi connectivity index (χ2v) is 9.33. The standard InChI is InChI=1S/C25H22N8O3S/c1-2-20(34)33-11-3-4-16(14-33)29-23-21-19(9-10-27-22(21)31-32-23)36-17-7-5-15(6-8-17)24(35)30-25-28-13-18(12-26)37-25/h2,5-10,13,16H,1,3-4,11,14H2,(H,28,30,35)(H2,27,29,31,32)/t16-/m1/s1. The molecular weight excluding hydrogens is 492 g/mol. The van der Waals surface area contributed by atoms with E-state index in [0.29, 0.717) is 57.0 Å². The Hall–Kier alpha value is -4.76. The number of aromatic amines is 1. The highest BCUT2D eigenvalue weighted by Crippen LogP contribution is 2.33. The number of amides is 2. The maximum Gasteiger partial charge on any atom is 0.257 e. The van der Waals surface area contributed by atoms with Crippen LogP contribution in [0.2, 0.25) is 0 Å². The van der Waals surface area contributed by atoms with Gasteiger partial charge in [-0.3, -0.25) is 20.0 Å². The number of fused-ring (bicyclic) bond motifs is 1. The molecule has 1 saturated heterocycles. The van der Waals surface area contributed by atoms with Crippen LogP contribution in [0.1, 0.15) is 28.1 Å². The van der Waals surface area contributed by atoms with Crippen molar-refractivity contribution in [2.24, 2.45) is 0 Å². The smallest absolute Gasteiger partial charge is 0.257 e. The number of pyridine rings is 1. The zero-order chi connectivity index (χ0) is 25.8. The second kappa shape index (κ2) is 10.5. The molecule has 0 aliphatic carbocycles. The molecule has 1 aliphatic rings. The minimum atomic E-state index is -0.338. The number of nitrogens with one attached hydrogen (secondary N) is 3. The van der Waals surface area contributed by atoms with Gasteiger partial charge in [0.25, 0.3) is 5.91 Å². The van der Waals surface area contributed by atoms with Gasteiger partial charge in [-0.2, -0.15) is 10.4 Å². The molecule has 1 atom stereocenters. The number of piperidine rings is 1. The molecule has 37 heavy (non-hydrogen) atoms. The summed E-state index contributed by atoms with van der Waals surface area (Å²) in [6, 6.07) is 10.4. The predicted molar refractivity (Wildman–Crippen MR) is 139 cm³/mol. The van der Waals surface area contributed by atoms with Gasteiger partial charge in [0.05, 0.1) is 6.20 Å². The van der Waals surface area contributed by atoms with E-state index in [1.807, 2.05) is 6.07 Å². The Balaban J connectivity index is 1.30. The van der Waals surface area contributed by atoms with E-state index in [0.717, 1.165) is 24.2 Å². The Morgan fingerprint density at radius 2 is 2.11 bits per heavy atom. The molecule has 3 aromatic heterocycles. The van der Waals surface area contributed by atoms with E-state index in [1.165, 1.54) is 12.3 Å². The molecule has 2 amide bonds. The van der Waals surface area contributed by atoms with Gasteiger partial charge in [0, 0.05) is 37.0 Å². The lowest BCUT2D eigenvalue weighted by Crippen LogP contribution is -2.44. The first-order valence-corrected chi connectivity index (χ1v) is 12.3. The number of aromatic nitrogens is 4. The number of H-pyrrole nitrogens is 1. The molecule has 0 bridgehead atoms. The van der Waals surface area contributed by atoms with Gasteiger partial charge in [0.2, 0.25) is 5.91 Å². The third-order valence-electron chi connectivity index (χ3n) is 5.85. The van der Waals surface area contributed by atoms with Gasteiger partial charge < -0.3 is 15.0 Å². The summed E-state index contributed by atoms with van der Waals surface area (Å²) in [5.74, 6) is 1.24. The first-order chi connectivity index (χ1) is 18.0. The van der Waals surface area contributed by atoms with Crippen molar-refractivity contribution in [1.82, 2.24) is 25.1 Å². The maximum atomic E-state index is 12.5. The highest BCUT2D eigenvalue weighted by molar-refractivity contribution is 7.16. The first kappa shape index (κ1) is 24.0. The van der Waals surface area contributed by atoms with Gasteiger partial charge in [-0.15, -0.1) is 0 Å². The van der Waals surface area contributed by atoms with Crippen LogP contribution in [-0.2, 0) is 4.79 Å². The zero-order valence-corrected chi connectivity index (χ0v) is 20.4. The summed E-state index contributed by atoms with van der Waals surface area (Å²) >= 11 is 1.11. The average Bonchev–Trinajstić information content (AvgIpc) is 3.56. The van der Waals surface area contributed by atoms with Crippen molar-refractivity contribution in [3.05, 3.63) is 65.8 Å². The number of rotatable bonds is 7. The summed E-state index contributed by atoms with van der Waals surface area (Å²) in [5, 5.41) is 23.4. The lowest BCUT2D eigenvalue weighted by Gasteiger charge is -2.32. The molecule has 12 heteroatoms. The molecule has 186 valence electrons. The minimum absolute atomic E-state index is 0.0251. The molecule has 1 aromatic carbocycles. The van der Waals surface area contributed by atoms with Crippen LogP contribution >= 0.6 is 11.3 Å². The van der Waals surface area contributed by atoms with E-state index in [4.69, 9.17) is 10.00 Å². The largest absolute Gasteiger partial charge is 0.456 e. The van der Waals surface area contributed by atoms with E-state index in [9.17, 15) is 9.59 Å². The van der Waals surface area contributed by atoms with Gasteiger partial charge in [0.1, 0.15) is 27.8 Å². The van der Waals surface area contributed by atoms with E-state index in [1.54, 1.807) is 41.4 Å². The quantitative estimate of drug-likeness (QED) is 0.314. The van der Waals surface area contributed by atoms with Crippen molar-refractivity contribution in [2.45, 2.75) is 18.9 Å². The molecule has 0 saturated carbocycles. The molecule has 0 radical (unpaired) electrons. The van der Waals surface area contributed by atoms with Crippen molar-refractivity contribution in [1.29, 1.82) is 5.26 Å². The zero-order valence-electron chi connectivity index (χ0n) is 19.6. The van der Waals surface area contributed by atoms with Gasteiger partial charge in [-0.05, 0) is 43.2 Å². The summed E-state index contributed by atoms with van der Waals surface area (Å²) < 4.78 is 6.13. The molecule has 1 aliphatic heterocycles. The Morgan fingerprint density at radius 1 is 1.27 bits per heavy atom. The first-order valence-electron chi connectivity index (χ1n) is 11.5. The Labute approximate surface area is 215 Å². The lowest BCUT2D eigenvalue weighted by atomic mass is 10.1. The average molecular weight is 515 g/mol. The van der Waals surface area contributed by atoms with Crippen LogP contribution in [0.3, 0.4) is 0 Å². The fourth-order valence-electron chi connectivity index (χ4n) is 4.08. The van der Waals surface area contributed by atoms with Crippen molar-refractivity contribution >= 4 is 45.1 Å². The van der Waals surface area contributed by atoms with Crippen LogP contribution < -0.4 is 15.4 Å². The summed E-state index contributed by atoms with van der Waals surface area (Å²) in [5.41, 5.74) is 0.980. The number of carbonyl (C=O) groups is 2. The topological polar surface area (TPSA) is 149 Å². The minimum Gasteiger partial charge on any atom is -0.456 e. The van der Waals surface area contributed by atoms with Crippen LogP contribution in [0.5, 0.6) is 11.5 Å². The number of carbonyl (C=O) groups excluding carboxylic acids is 2. The summed E-state index contributed by atoms with van der Waals surface area (Å²) in [4.78, 5) is 35.1. The monoisotopic (exact) mass is 514 g/mol. The number of benzene rings is 1. The number of anilines is 2. The molecular formula is C25H22N8O3S. The number of ether oxygens (including phenoxy) is 1. The SMILES string of the molecule is C=CC(=O)N1CCC[C@@H](Nc2n[nH]c3nccc(Oc4ccc(C(=O)Nc5ncc(C#N)s5)cc4)c23)C1. The summed E-state index contributed by atoms with van der Waals surface area (Å²) in [6.07, 6.45) is 6.14. The van der Waals surface area contributed by atoms with Gasteiger partial charge in [-0.25, -0.2) is 9.97 Å². The third kappa shape index (κ3) is 5.26. The van der Waals surface area contributed by atoms with Gasteiger partial charge >= 0.3 is 0 Å². The lowest BCUT2D eigenvalue weighted by molar-refractivity contribution is -0.127. The molecule has 4 heterocycles. The Kier molecular flexibility index (Phi) is 6.78. The number of nitrogens with zero attached hydrogens (tertiary/aromatic N) is 5. The van der Waals surface area contributed by atoms with Crippen LogP contribution in [0.15, 0.2) is 55.4 Å². The third-order valence-corrected chi connectivity index (χ3v) is 6.67. The summed E-state index contributed by atoms with van der Waals surface area (Å²) in [6.45, 7) is 4.84. The van der Waals surface area contributed by atoms with Gasteiger partial charge in [-0.1, -0.05) is 17.9 Å². The predicted octanol–water partition coefficient (Wildman–Crippen LogP) is 3.92. The molecule has 11 nitrogen and oxygen atoms in total. The van der Waals surface area contributed by atoms with E-state index >= 15 is 0 Å². The fraction of sp³-hybridized carbons (Fsp3) is 0.200. The highest BCUT2D eigenvalue weighted by atomic mass is 32.1. The maximum absolute atomic E-state index is 12.5. The number of hydrogen-bond donors (Lipinski definition) is 3. The second-order valence-electron chi connectivity index (χ2n) is 8.30. The molecule has 1 fully saturated rings.